The maximum Gasteiger partial charge on any atom is 0.129 e. The third kappa shape index (κ3) is 3.86. The van der Waals surface area contributed by atoms with Crippen LogP contribution in [0.5, 0.6) is 11.5 Å². The Hall–Kier alpha value is -2.72. The molecule has 0 aliphatic carbocycles. The number of rotatable bonds is 8. The van der Waals surface area contributed by atoms with Crippen molar-refractivity contribution in [2.75, 3.05) is 20.0 Å². The van der Waals surface area contributed by atoms with E-state index in [2.05, 4.69) is 36.4 Å². The molecular formula is C23H22O3S. The van der Waals surface area contributed by atoms with Gasteiger partial charge in [-0.3, -0.25) is 0 Å². The molecule has 138 valence electrons. The van der Waals surface area contributed by atoms with Crippen LogP contribution in [-0.4, -0.2) is 26.3 Å². The molecule has 0 saturated heterocycles. The number of carbonyl (C=O) groups excluding carboxylic acids is 1. The zero-order valence-electron chi connectivity index (χ0n) is 15.4. The standard InChI is InChI=1S/C23H22O3S/c1-25-21-12-8-19(9-13-21)23(27-17-16-24,18-6-4-3-5-7-18)20-10-14-22(26-2)15-11-20/h3-16H,17H2,1-2H3. The van der Waals surface area contributed by atoms with E-state index in [-0.39, 0.29) is 0 Å². The Morgan fingerprint density at radius 2 is 1.19 bits per heavy atom. The summed E-state index contributed by atoms with van der Waals surface area (Å²) in [6.45, 7) is 0. The average Bonchev–Trinajstić information content (AvgIpc) is 2.76. The second-order valence-electron chi connectivity index (χ2n) is 5.98. The molecule has 0 N–H and O–H groups in total. The minimum atomic E-state index is -0.513. The average molecular weight is 378 g/mol. The number of methoxy groups -OCH3 is 2. The first-order valence-electron chi connectivity index (χ1n) is 8.66. The van der Waals surface area contributed by atoms with Crippen LogP contribution in [0.4, 0.5) is 0 Å². The summed E-state index contributed by atoms with van der Waals surface area (Å²) < 4.78 is 10.1. The Kier molecular flexibility index (Phi) is 6.20. The van der Waals surface area contributed by atoms with Crippen LogP contribution in [-0.2, 0) is 9.54 Å². The Morgan fingerprint density at radius 1 is 0.741 bits per heavy atom. The van der Waals surface area contributed by atoms with E-state index in [1.807, 2.05) is 42.5 Å². The quantitative estimate of drug-likeness (QED) is 0.411. The molecule has 3 nitrogen and oxygen atoms in total. The number of aldehydes is 1. The highest BCUT2D eigenvalue weighted by molar-refractivity contribution is 8.01. The molecule has 0 spiro atoms. The zero-order valence-corrected chi connectivity index (χ0v) is 16.2. The number of benzene rings is 3. The Bertz CT molecular complexity index is 811. The van der Waals surface area contributed by atoms with Crippen LogP contribution in [0.25, 0.3) is 0 Å². The van der Waals surface area contributed by atoms with Crippen molar-refractivity contribution in [3.8, 4) is 11.5 Å². The minimum absolute atomic E-state index is 0.382. The van der Waals surface area contributed by atoms with Crippen molar-refractivity contribution in [3.05, 3.63) is 95.6 Å². The van der Waals surface area contributed by atoms with E-state index in [0.717, 1.165) is 34.5 Å². The van der Waals surface area contributed by atoms with Gasteiger partial charge in [0.25, 0.3) is 0 Å². The number of hydrogen-bond acceptors (Lipinski definition) is 4. The van der Waals surface area contributed by atoms with E-state index in [9.17, 15) is 4.79 Å². The lowest BCUT2D eigenvalue weighted by atomic mass is 9.84. The monoisotopic (exact) mass is 378 g/mol. The van der Waals surface area contributed by atoms with Gasteiger partial charge < -0.3 is 14.3 Å². The predicted octanol–water partition coefficient (Wildman–Crippen LogP) is 4.93. The van der Waals surface area contributed by atoms with Gasteiger partial charge in [0.1, 0.15) is 17.8 Å². The van der Waals surface area contributed by atoms with Crippen molar-refractivity contribution in [2.24, 2.45) is 0 Å². The van der Waals surface area contributed by atoms with Crippen molar-refractivity contribution >= 4 is 18.0 Å². The smallest absolute Gasteiger partial charge is 0.129 e. The maximum atomic E-state index is 11.3. The zero-order chi connectivity index (χ0) is 19.1. The summed E-state index contributed by atoms with van der Waals surface area (Å²) in [6.07, 6.45) is 0.954. The minimum Gasteiger partial charge on any atom is -0.497 e. The summed E-state index contributed by atoms with van der Waals surface area (Å²) in [7, 11) is 3.31. The van der Waals surface area contributed by atoms with Crippen LogP contribution in [0.3, 0.4) is 0 Å². The molecule has 3 rings (SSSR count). The van der Waals surface area contributed by atoms with Gasteiger partial charge in [-0.1, -0.05) is 54.6 Å². The van der Waals surface area contributed by atoms with Gasteiger partial charge in [0, 0.05) is 0 Å². The molecule has 0 heterocycles. The molecule has 4 heteroatoms. The third-order valence-corrected chi connectivity index (χ3v) is 5.98. The number of ether oxygens (including phenoxy) is 2. The van der Waals surface area contributed by atoms with Gasteiger partial charge in [0.15, 0.2) is 0 Å². The molecule has 0 unspecified atom stereocenters. The number of carbonyl (C=O) groups is 1. The van der Waals surface area contributed by atoms with Gasteiger partial charge in [0.05, 0.1) is 24.7 Å². The van der Waals surface area contributed by atoms with E-state index >= 15 is 0 Å². The molecule has 27 heavy (non-hydrogen) atoms. The Labute approximate surface area is 164 Å². The van der Waals surface area contributed by atoms with Crippen LogP contribution >= 0.6 is 11.8 Å². The van der Waals surface area contributed by atoms with Crippen LogP contribution < -0.4 is 9.47 Å². The molecule has 3 aromatic rings. The first-order chi connectivity index (χ1) is 13.2. The first kappa shape index (κ1) is 19.1. The van der Waals surface area contributed by atoms with E-state index in [0.29, 0.717) is 5.75 Å². The Balaban J connectivity index is 2.24. The fourth-order valence-corrected chi connectivity index (χ4v) is 4.46. The first-order valence-corrected chi connectivity index (χ1v) is 9.65. The van der Waals surface area contributed by atoms with Gasteiger partial charge in [-0.2, -0.15) is 0 Å². The molecule has 0 aliphatic heterocycles. The molecule has 0 bridgehead atoms. The second-order valence-corrected chi connectivity index (χ2v) is 7.22. The van der Waals surface area contributed by atoms with Gasteiger partial charge in [0.2, 0.25) is 0 Å². The molecular weight excluding hydrogens is 356 g/mol. The van der Waals surface area contributed by atoms with E-state index < -0.39 is 4.75 Å². The summed E-state index contributed by atoms with van der Waals surface area (Å²) >= 11 is 1.61. The molecule has 0 atom stereocenters. The maximum absolute atomic E-state index is 11.3. The Morgan fingerprint density at radius 3 is 1.59 bits per heavy atom. The highest BCUT2D eigenvalue weighted by Crippen LogP contribution is 2.48. The fraction of sp³-hybridized carbons (Fsp3) is 0.174. The van der Waals surface area contributed by atoms with Crippen molar-refractivity contribution in [2.45, 2.75) is 4.75 Å². The van der Waals surface area contributed by atoms with Crippen LogP contribution in [0.2, 0.25) is 0 Å². The van der Waals surface area contributed by atoms with E-state index in [1.165, 1.54) is 0 Å². The topological polar surface area (TPSA) is 35.5 Å². The summed E-state index contributed by atoms with van der Waals surface area (Å²) in [4.78, 5) is 11.3. The second kappa shape index (κ2) is 8.78. The molecule has 0 saturated carbocycles. The van der Waals surface area contributed by atoms with Crippen molar-refractivity contribution < 1.29 is 14.3 Å². The lowest BCUT2D eigenvalue weighted by molar-refractivity contribution is -0.105. The highest BCUT2D eigenvalue weighted by atomic mass is 32.2. The number of thioether (sulfide) groups is 1. The van der Waals surface area contributed by atoms with Gasteiger partial charge >= 0.3 is 0 Å². The largest absolute Gasteiger partial charge is 0.497 e. The molecule has 0 radical (unpaired) electrons. The lowest BCUT2D eigenvalue weighted by Gasteiger charge is -2.35. The van der Waals surface area contributed by atoms with Gasteiger partial charge in [-0.05, 0) is 41.0 Å². The molecule has 0 amide bonds. The number of hydrogen-bond donors (Lipinski definition) is 0. The van der Waals surface area contributed by atoms with Crippen molar-refractivity contribution in [1.82, 2.24) is 0 Å². The molecule has 0 aliphatic rings. The van der Waals surface area contributed by atoms with Crippen LogP contribution in [0, 0.1) is 0 Å². The van der Waals surface area contributed by atoms with Crippen molar-refractivity contribution in [1.29, 1.82) is 0 Å². The summed E-state index contributed by atoms with van der Waals surface area (Å²) in [5.41, 5.74) is 3.30. The summed E-state index contributed by atoms with van der Waals surface area (Å²) in [5, 5.41) is 0. The summed E-state index contributed by atoms with van der Waals surface area (Å²) in [5.74, 6) is 1.99. The van der Waals surface area contributed by atoms with Gasteiger partial charge in [-0.15, -0.1) is 11.8 Å². The van der Waals surface area contributed by atoms with E-state index in [4.69, 9.17) is 9.47 Å². The highest BCUT2D eigenvalue weighted by Gasteiger charge is 2.37. The van der Waals surface area contributed by atoms with Gasteiger partial charge in [-0.25, -0.2) is 0 Å². The van der Waals surface area contributed by atoms with E-state index in [1.54, 1.807) is 26.0 Å². The molecule has 0 aromatic heterocycles. The van der Waals surface area contributed by atoms with Crippen LogP contribution in [0.1, 0.15) is 16.7 Å². The van der Waals surface area contributed by atoms with Crippen molar-refractivity contribution in [3.63, 3.8) is 0 Å². The molecule has 0 fully saturated rings. The lowest BCUT2D eigenvalue weighted by Crippen LogP contribution is -2.26. The normalized spacial score (nSPS) is 11.0. The summed E-state index contributed by atoms with van der Waals surface area (Å²) in [6, 6.07) is 26.3. The third-order valence-electron chi connectivity index (χ3n) is 4.54. The fourth-order valence-electron chi connectivity index (χ4n) is 3.23. The molecule has 3 aromatic carbocycles. The SMILES string of the molecule is COc1ccc(C(SCC=O)(c2ccccc2)c2ccc(OC)cc2)cc1. The predicted molar refractivity (Wildman–Crippen MR) is 111 cm³/mol. The van der Waals surface area contributed by atoms with Crippen LogP contribution in [0.15, 0.2) is 78.9 Å².